The van der Waals surface area contributed by atoms with Gasteiger partial charge in [0.2, 0.25) is 0 Å². The van der Waals surface area contributed by atoms with Gasteiger partial charge in [-0.05, 0) is 25.1 Å². The van der Waals surface area contributed by atoms with E-state index in [1.54, 1.807) is 13.0 Å². The molecule has 0 radical (unpaired) electrons. The lowest BCUT2D eigenvalue weighted by molar-refractivity contribution is 0.0698. The van der Waals surface area contributed by atoms with E-state index in [1.165, 1.54) is 30.0 Å². The molecule has 6 nitrogen and oxygen atoms in total. The monoisotopic (exact) mass is 277 g/mol. The molecule has 0 unspecified atom stereocenters. The largest absolute Gasteiger partial charge is 0.478 e. The van der Waals surface area contributed by atoms with Crippen molar-refractivity contribution in [3.8, 4) is 0 Å². The van der Waals surface area contributed by atoms with Crippen molar-refractivity contribution >= 4 is 23.4 Å². The van der Waals surface area contributed by atoms with Gasteiger partial charge >= 0.3 is 5.97 Å². The van der Waals surface area contributed by atoms with Crippen LogP contribution in [0.1, 0.15) is 16.1 Å². The van der Waals surface area contributed by atoms with Gasteiger partial charge in [-0.1, -0.05) is 11.8 Å². The lowest BCUT2D eigenvalue weighted by atomic mass is 10.2. The predicted molar refractivity (Wildman–Crippen MR) is 71.5 cm³/mol. The van der Waals surface area contributed by atoms with Crippen molar-refractivity contribution < 1.29 is 9.90 Å². The van der Waals surface area contributed by atoms with Crippen molar-refractivity contribution in [2.45, 2.75) is 17.0 Å². The number of anilines is 1. The number of benzene rings is 1. The molecular formula is C12H11N3O3S. The van der Waals surface area contributed by atoms with Crippen LogP contribution in [0.3, 0.4) is 0 Å². The second-order valence-electron chi connectivity index (χ2n) is 3.85. The Kier molecular flexibility index (Phi) is 3.57. The Morgan fingerprint density at radius 2 is 2.16 bits per heavy atom. The van der Waals surface area contributed by atoms with Crippen molar-refractivity contribution in [1.29, 1.82) is 0 Å². The zero-order valence-corrected chi connectivity index (χ0v) is 10.8. The van der Waals surface area contributed by atoms with Gasteiger partial charge < -0.3 is 15.8 Å². The average molecular weight is 277 g/mol. The Bertz CT molecular complexity index is 697. The van der Waals surface area contributed by atoms with Crippen LogP contribution >= 0.6 is 11.8 Å². The predicted octanol–water partition coefficient (Wildman–Crippen LogP) is 1.51. The van der Waals surface area contributed by atoms with Gasteiger partial charge in [0.05, 0.1) is 5.56 Å². The summed E-state index contributed by atoms with van der Waals surface area (Å²) in [5.41, 5.74) is 6.14. The summed E-state index contributed by atoms with van der Waals surface area (Å²) < 4.78 is 0. The first-order valence-corrected chi connectivity index (χ1v) is 6.16. The molecule has 1 aromatic heterocycles. The second kappa shape index (κ2) is 5.15. The highest BCUT2D eigenvalue weighted by molar-refractivity contribution is 7.99. The average Bonchev–Trinajstić information content (AvgIpc) is 2.30. The molecular weight excluding hydrogens is 266 g/mol. The van der Waals surface area contributed by atoms with Crippen molar-refractivity contribution in [1.82, 2.24) is 9.97 Å². The SMILES string of the molecule is Cc1cc(=O)[nH]c(Sc2ccc(N)c(C(=O)O)c2)n1. The van der Waals surface area contributed by atoms with E-state index in [0.29, 0.717) is 15.7 Å². The first kappa shape index (κ1) is 13.2. The number of H-pyrrole nitrogens is 1. The first-order chi connectivity index (χ1) is 8.95. The number of hydrogen-bond acceptors (Lipinski definition) is 5. The summed E-state index contributed by atoms with van der Waals surface area (Å²) in [6, 6.07) is 6.02. The minimum Gasteiger partial charge on any atom is -0.478 e. The van der Waals surface area contributed by atoms with Gasteiger partial charge in [0.25, 0.3) is 5.56 Å². The normalized spacial score (nSPS) is 10.4. The molecule has 0 aliphatic heterocycles. The lowest BCUT2D eigenvalue weighted by Gasteiger charge is -2.05. The Hall–Kier alpha value is -2.28. The number of carboxylic acids is 1. The molecule has 0 spiro atoms. The number of nitrogen functional groups attached to an aromatic ring is 1. The molecule has 98 valence electrons. The van der Waals surface area contributed by atoms with Crippen LogP contribution in [-0.4, -0.2) is 21.0 Å². The summed E-state index contributed by atoms with van der Waals surface area (Å²) in [5.74, 6) is -1.09. The number of aromatic amines is 1. The fourth-order valence-electron chi connectivity index (χ4n) is 1.50. The number of aryl methyl sites for hydroxylation is 1. The zero-order chi connectivity index (χ0) is 14.0. The highest BCUT2D eigenvalue weighted by Gasteiger charge is 2.10. The van der Waals surface area contributed by atoms with Crippen LogP contribution in [0.2, 0.25) is 0 Å². The van der Waals surface area contributed by atoms with Crippen molar-refractivity contribution in [2.24, 2.45) is 0 Å². The number of nitrogens with two attached hydrogens (primary N) is 1. The molecule has 0 amide bonds. The number of rotatable bonds is 3. The van der Waals surface area contributed by atoms with Gasteiger partial charge in [0.15, 0.2) is 5.16 Å². The van der Waals surface area contributed by atoms with Crippen molar-refractivity contribution in [3.05, 3.63) is 45.9 Å². The molecule has 2 aromatic rings. The third-order valence-corrected chi connectivity index (χ3v) is 3.19. The van der Waals surface area contributed by atoms with E-state index in [2.05, 4.69) is 9.97 Å². The molecule has 7 heteroatoms. The molecule has 1 heterocycles. The van der Waals surface area contributed by atoms with Gasteiger partial charge in [0, 0.05) is 22.3 Å². The van der Waals surface area contributed by atoms with Gasteiger partial charge in [0.1, 0.15) is 0 Å². The molecule has 0 atom stereocenters. The van der Waals surface area contributed by atoms with Crippen LogP contribution in [0, 0.1) is 6.92 Å². The number of carboxylic acid groups (broad SMARTS) is 1. The van der Waals surface area contributed by atoms with E-state index >= 15 is 0 Å². The number of hydrogen-bond donors (Lipinski definition) is 3. The van der Waals surface area contributed by atoms with Crippen molar-refractivity contribution in [2.75, 3.05) is 5.73 Å². The minimum absolute atomic E-state index is 0.0278. The number of nitrogens with one attached hydrogen (secondary N) is 1. The molecule has 0 aliphatic carbocycles. The highest BCUT2D eigenvalue weighted by Crippen LogP contribution is 2.27. The summed E-state index contributed by atoms with van der Waals surface area (Å²) >= 11 is 1.17. The Labute approximate surface area is 112 Å². The van der Waals surface area contributed by atoms with E-state index in [-0.39, 0.29) is 16.8 Å². The smallest absolute Gasteiger partial charge is 0.337 e. The second-order valence-corrected chi connectivity index (χ2v) is 4.91. The number of nitrogens with zero attached hydrogens (tertiary/aromatic N) is 1. The Balaban J connectivity index is 2.36. The van der Waals surface area contributed by atoms with E-state index in [1.807, 2.05) is 0 Å². The summed E-state index contributed by atoms with van der Waals surface area (Å²) in [6.07, 6.45) is 0. The van der Waals surface area contributed by atoms with E-state index in [9.17, 15) is 9.59 Å². The number of carbonyl (C=O) groups is 1. The van der Waals surface area contributed by atoms with E-state index in [4.69, 9.17) is 10.8 Å². The van der Waals surface area contributed by atoms with Crippen LogP contribution in [0.5, 0.6) is 0 Å². The third kappa shape index (κ3) is 3.14. The standard InChI is InChI=1S/C12H11N3O3S/c1-6-4-10(16)15-12(14-6)19-7-2-3-9(13)8(5-7)11(17)18/h2-5H,13H2,1H3,(H,17,18)(H,14,15,16). The molecule has 0 saturated heterocycles. The van der Waals surface area contributed by atoms with Gasteiger partial charge in [-0.25, -0.2) is 9.78 Å². The third-order valence-electron chi connectivity index (χ3n) is 2.32. The maximum atomic E-state index is 11.3. The van der Waals surface area contributed by atoms with Crippen LogP contribution in [0.15, 0.2) is 39.1 Å². The van der Waals surface area contributed by atoms with Gasteiger partial charge in [-0.2, -0.15) is 0 Å². The summed E-state index contributed by atoms with van der Waals surface area (Å²) in [4.78, 5) is 29.7. The van der Waals surface area contributed by atoms with Crippen LogP contribution < -0.4 is 11.3 Å². The van der Waals surface area contributed by atoms with Crippen LogP contribution in [0.25, 0.3) is 0 Å². The maximum Gasteiger partial charge on any atom is 0.337 e. The number of aromatic nitrogens is 2. The Morgan fingerprint density at radius 3 is 2.79 bits per heavy atom. The highest BCUT2D eigenvalue weighted by atomic mass is 32.2. The molecule has 2 rings (SSSR count). The molecule has 0 aliphatic rings. The maximum absolute atomic E-state index is 11.3. The summed E-state index contributed by atoms with van der Waals surface area (Å²) in [6.45, 7) is 1.71. The number of aromatic carboxylic acids is 1. The molecule has 19 heavy (non-hydrogen) atoms. The molecule has 0 bridgehead atoms. The quantitative estimate of drug-likeness (QED) is 0.579. The first-order valence-electron chi connectivity index (χ1n) is 5.34. The van der Waals surface area contributed by atoms with Gasteiger partial charge in [-0.15, -0.1) is 0 Å². The topological polar surface area (TPSA) is 109 Å². The summed E-state index contributed by atoms with van der Waals surface area (Å²) in [5, 5.41) is 9.39. The van der Waals surface area contributed by atoms with Crippen LogP contribution in [0.4, 0.5) is 5.69 Å². The fourth-order valence-corrected chi connectivity index (χ4v) is 2.37. The lowest BCUT2D eigenvalue weighted by Crippen LogP contribution is -2.08. The minimum atomic E-state index is -1.09. The molecule has 0 fully saturated rings. The molecule has 1 aromatic carbocycles. The van der Waals surface area contributed by atoms with E-state index < -0.39 is 5.97 Å². The summed E-state index contributed by atoms with van der Waals surface area (Å²) in [7, 11) is 0. The van der Waals surface area contributed by atoms with Crippen LogP contribution in [-0.2, 0) is 0 Å². The fraction of sp³-hybridized carbons (Fsp3) is 0.0833. The van der Waals surface area contributed by atoms with Gasteiger partial charge in [-0.3, -0.25) is 4.79 Å². The van der Waals surface area contributed by atoms with Crippen molar-refractivity contribution in [3.63, 3.8) is 0 Å². The Morgan fingerprint density at radius 1 is 1.42 bits per heavy atom. The van der Waals surface area contributed by atoms with E-state index in [0.717, 1.165) is 0 Å². The molecule has 4 N–H and O–H groups in total. The zero-order valence-electron chi connectivity index (χ0n) is 10.0. The molecule has 0 saturated carbocycles.